The van der Waals surface area contributed by atoms with Crippen molar-refractivity contribution in [3.8, 4) is 5.75 Å². The van der Waals surface area contributed by atoms with Crippen molar-refractivity contribution in [2.45, 2.75) is 91.6 Å². The Balaban J connectivity index is 1.95. The highest BCUT2D eigenvalue weighted by Gasteiger charge is 2.40. The number of likely N-dealkylation sites (tertiary alicyclic amines) is 1. The normalized spacial score (nSPS) is 18.1. The van der Waals surface area contributed by atoms with E-state index in [4.69, 9.17) is 10.1 Å². The summed E-state index contributed by atoms with van der Waals surface area (Å²) in [7, 11) is 0. The van der Waals surface area contributed by atoms with Crippen LogP contribution in [0.4, 0.5) is 0 Å². The number of rotatable bonds is 8. The van der Waals surface area contributed by atoms with Crippen LogP contribution >= 0.6 is 0 Å². The lowest BCUT2D eigenvalue weighted by Gasteiger charge is -2.28. The highest BCUT2D eigenvalue weighted by Crippen LogP contribution is 2.41. The molecule has 0 spiro atoms. The Labute approximate surface area is 227 Å². The molecule has 2 atom stereocenters. The molecule has 2 N–H and O–H groups in total. The number of nitrogens with one attached hydrogen (secondary N) is 1. The Morgan fingerprint density at radius 1 is 1.05 bits per heavy atom. The number of phenolic OH excluding ortho intramolecular Hbond substituents is 1. The standard InChI is InChI=1S/C32H44N2O4/c1-9-12-21-17-34(30(33)28(21)24-14-11-10-13-22(24)19-38-20(2)35)18-27(36)23-15-25(31(3,4)5)29(37)26(16-23)32(6,7)8/h10-11,13-16,21,28,33,37H,9,12,17-19H2,1-8H3/t21-,28-/m0/s1. The first-order valence-corrected chi connectivity index (χ1v) is 13.6. The zero-order valence-electron chi connectivity index (χ0n) is 24.3. The van der Waals surface area contributed by atoms with Crippen LogP contribution in [0.5, 0.6) is 5.75 Å². The molecular weight excluding hydrogens is 476 g/mol. The summed E-state index contributed by atoms with van der Waals surface area (Å²) in [4.78, 5) is 27.0. The van der Waals surface area contributed by atoms with Crippen molar-refractivity contribution in [2.24, 2.45) is 5.92 Å². The molecule has 0 radical (unpaired) electrons. The molecule has 0 aromatic heterocycles. The number of nitrogens with zero attached hydrogens (tertiary/aromatic N) is 1. The fourth-order valence-electron chi connectivity index (χ4n) is 5.44. The summed E-state index contributed by atoms with van der Waals surface area (Å²) in [5.41, 5.74) is 3.30. The molecule has 206 valence electrons. The van der Waals surface area contributed by atoms with Gasteiger partial charge in [0, 0.05) is 36.1 Å². The van der Waals surface area contributed by atoms with Gasteiger partial charge in [-0.25, -0.2) is 0 Å². The van der Waals surface area contributed by atoms with Crippen LogP contribution < -0.4 is 0 Å². The third-order valence-electron chi connectivity index (χ3n) is 7.42. The molecule has 1 heterocycles. The van der Waals surface area contributed by atoms with Crippen molar-refractivity contribution >= 4 is 17.6 Å². The van der Waals surface area contributed by atoms with E-state index in [0.717, 1.165) is 35.1 Å². The summed E-state index contributed by atoms with van der Waals surface area (Å²) in [6, 6.07) is 11.5. The van der Waals surface area contributed by atoms with Crippen LogP contribution in [-0.4, -0.2) is 40.7 Å². The topological polar surface area (TPSA) is 90.7 Å². The van der Waals surface area contributed by atoms with Crippen LogP contribution in [0.2, 0.25) is 0 Å². The third kappa shape index (κ3) is 6.46. The number of Topliss-reactive ketones (excluding diaryl/α,β-unsaturated/α-hetero) is 1. The number of aromatic hydroxyl groups is 1. The number of carbonyl (C=O) groups excluding carboxylic acids is 2. The zero-order valence-corrected chi connectivity index (χ0v) is 24.3. The molecule has 1 saturated heterocycles. The SMILES string of the molecule is CCC[C@H]1CN(CC(=O)c2cc(C(C)(C)C)c(O)c(C(C)(C)C)c2)C(=N)[C@@H]1c1ccccc1COC(C)=O. The minimum Gasteiger partial charge on any atom is -0.507 e. The van der Waals surface area contributed by atoms with Gasteiger partial charge in [-0.2, -0.15) is 0 Å². The molecule has 6 heteroatoms. The van der Waals surface area contributed by atoms with E-state index in [-0.39, 0.29) is 53.3 Å². The molecule has 1 fully saturated rings. The van der Waals surface area contributed by atoms with Crippen molar-refractivity contribution in [1.82, 2.24) is 4.90 Å². The van der Waals surface area contributed by atoms with Gasteiger partial charge >= 0.3 is 5.97 Å². The van der Waals surface area contributed by atoms with E-state index < -0.39 is 0 Å². The number of carbonyl (C=O) groups is 2. The molecule has 0 unspecified atom stereocenters. The number of hydrogen-bond donors (Lipinski definition) is 2. The van der Waals surface area contributed by atoms with E-state index in [9.17, 15) is 14.7 Å². The lowest BCUT2D eigenvalue weighted by molar-refractivity contribution is -0.142. The molecule has 2 aromatic carbocycles. The summed E-state index contributed by atoms with van der Waals surface area (Å²) < 4.78 is 5.30. The van der Waals surface area contributed by atoms with Gasteiger partial charge in [-0.1, -0.05) is 79.2 Å². The third-order valence-corrected chi connectivity index (χ3v) is 7.42. The van der Waals surface area contributed by atoms with Gasteiger partial charge in [0.05, 0.1) is 6.54 Å². The van der Waals surface area contributed by atoms with E-state index in [2.05, 4.69) is 6.92 Å². The summed E-state index contributed by atoms with van der Waals surface area (Å²) in [6.45, 7) is 16.6. The zero-order chi connectivity index (χ0) is 28.4. The van der Waals surface area contributed by atoms with Crippen LogP contribution in [0.25, 0.3) is 0 Å². The molecule has 0 amide bonds. The van der Waals surface area contributed by atoms with E-state index in [1.54, 1.807) is 0 Å². The summed E-state index contributed by atoms with van der Waals surface area (Å²) in [5, 5.41) is 20.2. The largest absolute Gasteiger partial charge is 0.507 e. The molecular formula is C32H44N2O4. The second-order valence-electron chi connectivity index (χ2n) is 12.6. The van der Waals surface area contributed by atoms with Crippen LogP contribution in [0.1, 0.15) is 107 Å². The second-order valence-corrected chi connectivity index (χ2v) is 12.6. The molecule has 0 aliphatic carbocycles. The van der Waals surface area contributed by atoms with Crippen LogP contribution in [0.15, 0.2) is 36.4 Å². The Morgan fingerprint density at radius 2 is 1.63 bits per heavy atom. The highest BCUT2D eigenvalue weighted by atomic mass is 16.5. The van der Waals surface area contributed by atoms with Gasteiger partial charge < -0.3 is 14.7 Å². The predicted octanol–water partition coefficient (Wildman–Crippen LogP) is 6.73. The van der Waals surface area contributed by atoms with Gasteiger partial charge in [0.2, 0.25) is 0 Å². The Kier molecular flexibility index (Phi) is 8.75. The Bertz CT molecular complexity index is 1170. The number of ketones is 1. The Hall–Kier alpha value is -3.15. The minimum absolute atomic E-state index is 0.0603. The minimum atomic E-state index is -0.336. The second kappa shape index (κ2) is 11.3. The van der Waals surface area contributed by atoms with Gasteiger partial charge in [0.1, 0.15) is 18.2 Å². The van der Waals surface area contributed by atoms with Crippen molar-refractivity contribution in [3.63, 3.8) is 0 Å². The number of esters is 1. The van der Waals surface area contributed by atoms with E-state index in [1.807, 2.05) is 82.8 Å². The van der Waals surface area contributed by atoms with Crippen molar-refractivity contribution in [2.75, 3.05) is 13.1 Å². The van der Waals surface area contributed by atoms with Gasteiger partial charge in [-0.05, 0) is 46.4 Å². The highest BCUT2D eigenvalue weighted by molar-refractivity contribution is 6.01. The van der Waals surface area contributed by atoms with E-state index in [0.29, 0.717) is 17.9 Å². The molecule has 38 heavy (non-hydrogen) atoms. The van der Waals surface area contributed by atoms with Crippen molar-refractivity contribution in [3.05, 3.63) is 64.2 Å². The van der Waals surface area contributed by atoms with Gasteiger partial charge in [0.25, 0.3) is 0 Å². The fraction of sp³-hybridized carbons (Fsp3) is 0.531. The number of amidine groups is 1. The molecule has 0 bridgehead atoms. The molecule has 0 saturated carbocycles. The average Bonchev–Trinajstić information content (AvgIpc) is 3.11. The molecule has 1 aliphatic rings. The maximum atomic E-state index is 13.7. The molecule has 1 aliphatic heterocycles. The molecule has 2 aromatic rings. The average molecular weight is 521 g/mol. The first-order valence-electron chi connectivity index (χ1n) is 13.6. The number of phenols is 1. The Morgan fingerprint density at radius 3 is 2.16 bits per heavy atom. The maximum absolute atomic E-state index is 13.7. The lowest BCUT2D eigenvalue weighted by atomic mass is 9.78. The first-order chi connectivity index (χ1) is 17.6. The summed E-state index contributed by atoms with van der Waals surface area (Å²) in [5.74, 6) is 0.311. The summed E-state index contributed by atoms with van der Waals surface area (Å²) in [6.07, 6.45) is 1.91. The van der Waals surface area contributed by atoms with Crippen LogP contribution in [-0.2, 0) is 27.0 Å². The van der Waals surface area contributed by atoms with Crippen molar-refractivity contribution in [1.29, 1.82) is 5.41 Å². The molecule has 3 rings (SSSR count). The van der Waals surface area contributed by atoms with Gasteiger partial charge in [0.15, 0.2) is 5.78 Å². The quantitative estimate of drug-likeness (QED) is 0.298. The maximum Gasteiger partial charge on any atom is 0.302 e. The van der Waals surface area contributed by atoms with Crippen molar-refractivity contribution < 1.29 is 19.4 Å². The van der Waals surface area contributed by atoms with Crippen LogP contribution in [0.3, 0.4) is 0 Å². The van der Waals surface area contributed by atoms with E-state index >= 15 is 0 Å². The first kappa shape index (κ1) is 29.4. The van der Waals surface area contributed by atoms with Gasteiger partial charge in [-0.3, -0.25) is 15.0 Å². The number of hydrogen-bond acceptors (Lipinski definition) is 5. The monoisotopic (exact) mass is 520 g/mol. The van der Waals surface area contributed by atoms with Gasteiger partial charge in [-0.15, -0.1) is 0 Å². The number of benzene rings is 2. The summed E-state index contributed by atoms with van der Waals surface area (Å²) >= 11 is 0. The predicted molar refractivity (Wildman–Crippen MR) is 152 cm³/mol. The lowest BCUT2D eigenvalue weighted by Crippen LogP contribution is -2.32. The van der Waals surface area contributed by atoms with E-state index in [1.165, 1.54) is 6.92 Å². The fourth-order valence-corrected chi connectivity index (χ4v) is 5.44. The number of ether oxygens (including phenoxy) is 1. The molecule has 6 nitrogen and oxygen atoms in total. The smallest absolute Gasteiger partial charge is 0.302 e. The van der Waals surface area contributed by atoms with Crippen LogP contribution in [0, 0.1) is 11.3 Å².